The lowest BCUT2D eigenvalue weighted by molar-refractivity contribution is 0.322. The molecule has 0 bridgehead atoms. The highest BCUT2D eigenvalue weighted by Crippen LogP contribution is 2.23. The van der Waals surface area contributed by atoms with Crippen LogP contribution in [0.4, 0.5) is 5.69 Å². The van der Waals surface area contributed by atoms with Crippen LogP contribution < -0.4 is 16.5 Å². The Morgan fingerprint density at radius 1 is 1.17 bits per heavy atom. The summed E-state index contributed by atoms with van der Waals surface area (Å²) in [5.74, 6) is 5.72. The molecule has 0 amide bonds. The van der Waals surface area contributed by atoms with Crippen LogP contribution in [-0.2, 0) is 17.7 Å². The Bertz CT molecular complexity index is 972. The van der Waals surface area contributed by atoms with Gasteiger partial charge in [0.2, 0.25) is 5.90 Å². The lowest BCUT2D eigenvalue weighted by Gasteiger charge is -2.13. The van der Waals surface area contributed by atoms with Crippen molar-refractivity contribution in [3.63, 3.8) is 0 Å². The summed E-state index contributed by atoms with van der Waals surface area (Å²) in [6.45, 7) is 10.1. The molecule has 0 unspecified atom stereocenters. The van der Waals surface area contributed by atoms with Gasteiger partial charge in [0.1, 0.15) is 6.07 Å². The molecule has 0 saturated heterocycles. The predicted octanol–water partition coefficient (Wildman–Crippen LogP) is 3.37. The third-order valence-corrected chi connectivity index (χ3v) is 4.86. The molecule has 4 N–H and O–H groups in total. The molecule has 0 fully saturated rings. The van der Waals surface area contributed by atoms with Gasteiger partial charge in [-0.05, 0) is 80.7 Å². The summed E-state index contributed by atoms with van der Waals surface area (Å²) in [6.07, 6.45) is 2.01. The average Bonchev–Trinajstić information content (AvgIpc) is 2.96. The zero-order valence-electron chi connectivity index (χ0n) is 17.0. The van der Waals surface area contributed by atoms with Crippen LogP contribution in [0.2, 0.25) is 0 Å². The number of nitrogens with zero attached hydrogens (tertiary/aromatic N) is 2. The van der Waals surface area contributed by atoms with Crippen molar-refractivity contribution < 1.29 is 4.84 Å². The Balaban J connectivity index is 1.89. The van der Waals surface area contributed by atoms with E-state index >= 15 is 0 Å². The van der Waals surface area contributed by atoms with Gasteiger partial charge in [-0.2, -0.15) is 11.2 Å². The Kier molecular flexibility index (Phi) is 6.65. The van der Waals surface area contributed by atoms with Crippen molar-refractivity contribution in [3.05, 3.63) is 70.8 Å². The van der Waals surface area contributed by atoms with E-state index in [4.69, 9.17) is 10.7 Å². The molecule has 0 atom stereocenters. The average molecular weight is 390 g/mol. The highest BCUT2D eigenvalue weighted by atomic mass is 16.6. The molecule has 1 heterocycles. The van der Waals surface area contributed by atoms with Gasteiger partial charge in [0, 0.05) is 11.6 Å². The van der Waals surface area contributed by atoms with Gasteiger partial charge in [-0.1, -0.05) is 18.7 Å². The number of nitrogens with two attached hydrogens (primary N) is 1. The van der Waals surface area contributed by atoms with E-state index in [2.05, 4.69) is 40.4 Å². The quantitative estimate of drug-likeness (QED) is 0.414. The van der Waals surface area contributed by atoms with E-state index in [1.807, 2.05) is 32.0 Å². The molecule has 0 radical (unpaired) electrons. The van der Waals surface area contributed by atoms with Crippen LogP contribution in [0.1, 0.15) is 41.7 Å². The molecule has 0 aliphatic carbocycles. The first-order valence-corrected chi connectivity index (χ1v) is 9.80. The fraction of sp³-hybridized carbons (Fsp3) is 0.304. The molecule has 150 valence electrons. The van der Waals surface area contributed by atoms with Gasteiger partial charge in [-0.15, -0.1) is 0 Å². The number of rotatable bonds is 5. The maximum atomic E-state index is 9.48. The fourth-order valence-corrected chi connectivity index (χ4v) is 3.41. The summed E-state index contributed by atoms with van der Waals surface area (Å²) >= 11 is 0. The molecule has 0 aromatic heterocycles. The zero-order valence-corrected chi connectivity index (χ0v) is 17.0. The number of hydrogen-bond donors (Lipinski definition) is 3. The van der Waals surface area contributed by atoms with Crippen molar-refractivity contribution in [2.75, 3.05) is 18.4 Å². The second kappa shape index (κ2) is 9.37. The van der Waals surface area contributed by atoms with Gasteiger partial charge < -0.3 is 15.5 Å². The number of fused-ring (bicyclic) bond motifs is 1. The van der Waals surface area contributed by atoms with Crippen LogP contribution in [0.15, 0.2) is 48.0 Å². The van der Waals surface area contributed by atoms with E-state index in [-0.39, 0.29) is 11.9 Å². The lowest BCUT2D eigenvalue weighted by Crippen LogP contribution is -2.16. The monoisotopic (exact) mass is 389 g/mol. The van der Waals surface area contributed by atoms with E-state index < -0.39 is 0 Å². The van der Waals surface area contributed by atoms with E-state index in [1.54, 1.807) is 6.07 Å². The minimum absolute atomic E-state index is 0.218. The van der Waals surface area contributed by atoms with Crippen LogP contribution in [0.5, 0.6) is 0 Å². The largest absolute Gasteiger partial charge is 0.391 e. The molecule has 0 saturated carbocycles. The number of aliphatic imine (C=N–C) groups is 1. The molecule has 29 heavy (non-hydrogen) atoms. The first-order valence-electron chi connectivity index (χ1n) is 9.80. The van der Waals surface area contributed by atoms with Gasteiger partial charge in [-0.25, -0.2) is 4.99 Å². The molecule has 6 nitrogen and oxygen atoms in total. The molecular weight excluding hydrogens is 362 g/mol. The molecule has 3 rings (SSSR count). The highest BCUT2D eigenvalue weighted by Gasteiger charge is 2.13. The molecule has 1 aliphatic rings. The maximum absolute atomic E-state index is 9.48. The van der Waals surface area contributed by atoms with Crippen molar-refractivity contribution >= 4 is 17.3 Å². The number of nitriles is 1. The van der Waals surface area contributed by atoms with Crippen LogP contribution in [0.25, 0.3) is 5.70 Å². The SMILES string of the molecule is C=C(N=C(ON)c1ccc(NC(C)C)c(C#N)c1)c1ccc2c(c1)CCNCC2. The first kappa shape index (κ1) is 20.6. The van der Waals surface area contributed by atoms with E-state index in [0.29, 0.717) is 16.8 Å². The summed E-state index contributed by atoms with van der Waals surface area (Å²) in [5, 5.41) is 16.1. The van der Waals surface area contributed by atoms with E-state index in [9.17, 15) is 5.26 Å². The van der Waals surface area contributed by atoms with Crippen molar-refractivity contribution in [1.29, 1.82) is 5.26 Å². The standard InChI is InChI=1S/C23H27N5O/c1-15(2)27-22-7-6-20(13-21(22)14-24)23(29-25)28-16(3)18-5-4-17-8-10-26-11-9-19(17)12-18/h4-7,12-13,15,26-27H,3,8-11,25H2,1-2H3. The van der Waals surface area contributed by atoms with Crippen molar-refractivity contribution in [2.24, 2.45) is 10.9 Å². The minimum Gasteiger partial charge on any atom is -0.391 e. The zero-order chi connectivity index (χ0) is 20.8. The fourth-order valence-electron chi connectivity index (χ4n) is 3.41. The predicted molar refractivity (Wildman–Crippen MR) is 117 cm³/mol. The Morgan fingerprint density at radius 3 is 2.59 bits per heavy atom. The molecule has 2 aromatic carbocycles. The third-order valence-electron chi connectivity index (χ3n) is 4.86. The van der Waals surface area contributed by atoms with E-state index in [0.717, 1.165) is 37.2 Å². The Hall–Kier alpha value is -3.14. The molecule has 1 aliphatic heterocycles. The number of anilines is 1. The number of nitrogens with one attached hydrogen (secondary N) is 2. The number of hydrogen-bond acceptors (Lipinski definition) is 6. The summed E-state index contributed by atoms with van der Waals surface area (Å²) < 4.78 is 0. The van der Waals surface area contributed by atoms with Crippen LogP contribution in [0, 0.1) is 11.3 Å². The summed E-state index contributed by atoms with van der Waals surface area (Å²) in [5.41, 5.74) is 6.06. The lowest BCUT2D eigenvalue weighted by atomic mass is 9.99. The molecule has 6 heteroatoms. The van der Waals surface area contributed by atoms with Crippen molar-refractivity contribution in [3.8, 4) is 6.07 Å². The Labute approximate surface area is 172 Å². The first-order chi connectivity index (χ1) is 14.0. The molecule has 2 aromatic rings. The molecule has 0 spiro atoms. The highest BCUT2D eigenvalue weighted by molar-refractivity contribution is 5.98. The molecular formula is C23H27N5O. The van der Waals surface area contributed by atoms with Gasteiger partial charge >= 0.3 is 0 Å². The van der Waals surface area contributed by atoms with Gasteiger partial charge in [0.15, 0.2) is 0 Å². The maximum Gasteiger partial charge on any atom is 0.245 e. The smallest absolute Gasteiger partial charge is 0.245 e. The summed E-state index contributed by atoms with van der Waals surface area (Å²) in [4.78, 5) is 9.53. The van der Waals surface area contributed by atoms with Crippen molar-refractivity contribution in [2.45, 2.75) is 32.7 Å². The van der Waals surface area contributed by atoms with Crippen LogP contribution >= 0.6 is 0 Å². The van der Waals surface area contributed by atoms with E-state index in [1.165, 1.54) is 11.1 Å². The summed E-state index contributed by atoms with van der Waals surface area (Å²) in [6, 6.07) is 14.1. The van der Waals surface area contributed by atoms with Gasteiger partial charge in [0.05, 0.1) is 16.9 Å². The van der Waals surface area contributed by atoms with Crippen molar-refractivity contribution in [1.82, 2.24) is 5.32 Å². The van der Waals surface area contributed by atoms with Gasteiger partial charge in [-0.3, -0.25) is 0 Å². The van der Waals surface area contributed by atoms with Crippen LogP contribution in [0.3, 0.4) is 0 Å². The summed E-state index contributed by atoms with van der Waals surface area (Å²) in [7, 11) is 0. The second-order valence-electron chi connectivity index (χ2n) is 7.39. The second-order valence-corrected chi connectivity index (χ2v) is 7.39. The number of benzene rings is 2. The van der Waals surface area contributed by atoms with Gasteiger partial charge in [0.25, 0.3) is 0 Å². The topological polar surface area (TPSA) is 95.5 Å². The Morgan fingerprint density at radius 2 is 1.90 bits per heavy atom. The normalized spacial score (nSPS) is 14.0. The van der Waals surface area contributed by atoms with Crippen LogP contribution in [-0.4, -0.2) is 25.0 Å². The minimum atomic E-state index is 0.218. The third kappa shape index (κ3) is 5.02.